The molecule has 0 saturated heterocycles. The van der Waals surface area contributed by atoms with Crippen molar-refractivity contribution in [3.05, 3.63) is 57.8 Å². The Hall–Kier alpha value is -1.59. The molecule has 0 spiro atoms. The lowest BCUT2D eigenvalue weighted by Crippen LogP contribution is -2.13. The van der Waals surface area contributed by atoms with Gasteiger partial charge in [-0.3, -0.25) is 0 Å². The molecule has 5 heteroatoms. The molecule has 0 amide bonds. The average Bonchev–Trinajstić information content (AvgIpc) is 2.74. The molecular formula is C16H15BrFNO2. The quantitative estimate of drug-likeness (QED) is 0.894. The van der Waals surface area contributed by atoms with Crippen LogP contribution in [0, 0.1) is 5.82 Å². The fraction of sp³-hybridized carbons (Fsp3) is 0.250. The van der Waals surface area contributed by atoms with Crippen molar-refractivity contribution in [1.29, 1.82) is 0 Å². The van der Waals surface area contributed by atoms with Crippen LogP contribution in [0.2, 0.25) is 0 Å². The van der Waals surface area contributed by atoms with Crippen LogP contribution in [-0.4, -0.2) is 13.2 Å². The maximum absolute atomic E-state index is 13.6. The van der Waals surface area contributed by atoms with Crippen molar-refractivity contribution in [1.82, 2.24) is 0 Å². The van der Waals surface area contributed by atoms with Gasteiger partial charge in [-0.25, -0.2) is 4.39 Å². The highest BCUT2D eigenvalue weighted by molar-refractivity contribution is 9.10. The molecular weight excluding hydrogens is 337 g/mol. The van der Waals surface area contributed by atoms with Gasteiger partial charge in [-0.1, -0.05) is 18.2 Å². The van der Waals surface area contributed by atoms with Gasteiger partial charge in [0.05, 0.1) is 23.7 Å². The van der Waals surface area contributed by atoms with E-state index in [1.807, 2.05) is 18.2 Å². The predicted octanol–water partition coefficient (Wildman–Crippen LogP) is 3.80. The second kappa shape index (κ2) is 6.03. The van der Waals surface area contributed by atoms with E-state index in [2.05, 4.69) is 15.9 Å². The van der Waals surface area contributed by atoms with Crippen molar-refractivity contribution < 1.29 is 13.9 Å². The Morgan fingerprint density at radius 1 is 1.10 bits per heavy atom. The molecule has 0 radical (unpaired) electrons. The van der Waals surface area contributed by atoms with Crippen molar-refractivity contribution in [3.8, 4) is 11.5 Å². The van der Waals surface area contributed by atoms with Crippen LogP contribution < -0.4 is 15.2 Å². The number of ether oxygens (including phenoxy) is 2. The third kappa shape index (κ3) is 2.89. The molecule has 0 aliphatic carbocycles. The summed E-state index contributed by atoms with van der Waals surface area (Å²) >= 11 is 3.25. The van der Waals surface area contributed by atoms with Gasteiger partial charge in [0.1, 0.15) is 5.82 Å². The van der Waals surface area contributed by atoms with E-state index in [9.17, 15) is 4.39 Å². The highest BCUT2D eigenvalue weighted by Gasteiger charge is 2.18. The first-order chi connectivity index (χ1) is 10.2. The summed E-state index contributed by atoms with van der Waals surface area (Å²) in [5.74, 6) is 1.09. The highest BCUT2D eigenvalue weighted by Crippen LogP contribution is 2.35. The van der Waals surface area contributed by atoms with Crippen LogP contribution in [0.15, 0.2) is 40.9 Å². The van der Waals surface area contributed by atoms with Gasteiger partial charge in [-0.15, -0.1) is 0 Å². The van der Waals surface area contributed by atoms with Crippen LogP contribution in [0.1, 0.15) is 23.6 Å². The fourth-order valence-corrected chi connectivity index (χ4v) is 2.82. The monoisotopic (exact) mass is 351 g/mol. The van der Waals surface area contributed by atoms with Crippen LogP contribution in [0.4, 0.5) is 4.39 Å². The summed E-state index contributed by atoms with van der Waals surface area (Å²) in [4.78, 5) is 0. The standard InChI is InChI=1S/C16H15BrFNO2/c17-15-11(3-1-4-12(15)18)16(19)10-5-6-13-14(9-10)21-8-2-7-20-13/h1,3-6,9,16H,2,7-8,19H2. The van der Waals surface area contributed by atoms with Gasteiger partial charge < -0.3 is 15.2 Å². The first-order valence-electron chi connectivity index (χ1n) is 6.76. The lowest BCUT2D eigenvalue weighted by atomic mass is 9.99. The van der Waals surface area contributed by atoms with E-state index >= 15 is 0 Å². The maximum atomic E-state index is 13.6. The molecule has 0 bridgehead atoms. The largest absolute Gasteiger partial charge is 0.490 e. The molecule has 3 rings (SSSR count). The molecule has 0 saturated carbocycles. The van der Waals surface area contributed by atoms with Gasteiger partial charge >= 0.3 is 0 Å². The smallest absolute Gasteiger partial charge is 0.161 e. The third-order valence-corrected chi connectivity index (χ3v) is 4.28. The first kappa shape index (κ1) is 14.4. The van der Waals surface area contributed by atoms with Crippen molar-refractivity contribution in [2.24, 2.45) is 5.73 Å². The zero-order valence-corrected chi connectivity index (χ0v) is 12.9. The minimum Gasteiger partial charge on any atom is -0.490 e. The summed E-state index contributed by atoms with van der Waals surface area (Å²) in [6, 6.07) is 10.0. The van der Waals surface area contributed by atoms with Crippen LogP contribution >= 0.6 is 15.9 Å². The Kier molecular flexibility index (Phi) is 4.12. The Balaban J connectivity index is 1.96. The molecule has 2 N–H and O–H groups in total. The number of hydrogen-bond acceptors (Lipinski definition) is 3. The molecule has 21 heavy (non-hydrogen) atoms. The fourth-order valence-electron chi connectivity index (χ4n) is 2.31. The number of hydrogen-bond donors (Lipinski definition) is 1. The van der Waals surface area contributed by atoms with Crippen LogP contribution in [0.3, 0.4) is 0 Å². The van der Waals surface area contributed by atoms with Crippen molar-refractivity contribution in [2.45, 2.75) is 12.5 Å². The van der Waals surface area contributed by atoms with Crippen molar-refractivity contribution >= 4 is 15.9 Å². The molecule has 1 atom stereocenters. The summed E-state index contributed by atoms with van der Waals surface area (Å²) in [6.07, 6.45) is 0.853. The van der Waals surface area contributed by atoms with E-state index in [-0.39, 0.29) is 5.82 Å². The summed E-state index contributed by atoms with van der Waals surface area (Å²) in [7, 11) is 0. The zero-order valence-electron chi connectivity index (χ0n) is 11.3. The molecule has 1 unspecified atom stereocenters. The molecule has 2 aromatic carbocycles. The lowest BCUT2D eigenvalue weighted by Gasteiger charge is -2.16. The molecule has 3 nitrogen and oxygen atoms in total. The van der Waals surface area contributed by atoms with Gasteiger partial charge in [-0.2, -0.15) is 0 Å². The van der Waals surface area contributed by atoms with Crippen molar-refractivity contribution in [3.63, 3.8) is 0 Å². The second-order valence-electron chi connectivity index (χ2n) is 4.88. The average molecular weight is 352 g/mol. The molecule has 1 aliphatic heterocycles. The SMILES string of the molecule is NC(c1ccc2c(c1)OCCCO2)c1cccc(F)c1Br. The minimum atomic E-state index is -0.438. The van der Waals surface area contributed by atoms with E-state index in [1.54, 1.807) is 12.1 Å². The Morgan fingerprint density at radius 2 is 1.86 bits per heavy atom. The lowest BCUT2D eigenvalue weighted by molar-refractivity contribution is 0.297. The summed E-state index contributed by atoms with van der Waals surface area (Å²) in [5.41, 5.74) is 7.82. The number of nitrogens with two attached hydrogens (primary N) is 1. The molecule has 110 valence electrons. The third-order valence-electron chi connectivity index (χ3n) is 3.45. The van der Waals surface area contributed by atoms with Crippen LogP contribution in [0.25, 0.3) is 0 Å². The zero-order chi connectivity index (χ0) is 14.8. The van der Waals surface area contributed by atoms with Gasteiger partial charge in [0.25, 0.3) is 0 Å². The Bertz CT molecular complexity index is 663. The van der Waals surface area contributed by atoms with E-state index < -0.39 is 6.04 Å². The number of halogens is 2. The Morgan fingerprint density at radius 3 is 2.67 bits per heavy atom. The molecule has 1 aliphatic rings. The van der Waals surface area contributed by atoms with Crippen LogP contribution in [-0.2, 0) is 0 Å². The van der Waals surface area contributed by atoms with Crippen molar-refractivity contribution in [2.75, 3.05) is 13.2 Å². The Labute approximate surface area is 131 Å². The van der Waals surface area contributed by atoms with E-state index in [0.717, 1.165) is 17.7 Å². The summed E-state index contributed by atoms with van der Waals surface area (Å²) in [6.45, 7) is 1.27. The van der Waals surface area contributed by atoms with E-state index in [4.69, 9.17) is 15.2 Å². The highest BCUT2D eigenvalue weighted by atomic mass is 79.9. The topological polar surface area (TPSA) is 44.5 Å². The van der Waals surface area contributed by atoms with Gasteiger partial charge in [-0.05, 0) is 45.3 Å². The predicted molar refractivity (Wildman–Crippen MR) is 82.2 cm³/mol. The minimum absolute atomic E-state index is 0.322. The molecule has 0 fully saturated rings. The van der Waals surface area contributed by atoms with Gasteiger partial charge in [0, 0.05) is 6.42 Å². The maximum Gasteiger partial charge on any atom is 0.161 e. The summed E-state index contributed by atoms with van der Waals surface area (Å²) < 4.78 is 25.3. The first-order valence-corrected chi connectivity index (χ1v) is 7.55. The number of rotatable bonds is 2. The molecule has 0 aromatic heterocycles. The van der Waals surface area contributed by atoms with Crippen LogP contribution in [0.5, 0.6) is 11.5 Å². The second-order valence-corrected chi connectivity index (χ2v) is 5.67. The number of benzene rings is 2. The summed E-state index contributed by atoms with van der Waals surface area (Å²) in [5, 5.41) is 0. The van der Waals surface area contributed by atoms with E-state index in [0.29, 0.717) is 29.0 Å². The van der Waals surface area contributed by atoms with Gasteiger partial charge in [0.2, 0.25) is 0 Å². The van der Waals surface area contributed by atoms with E-state index in [1.165, 1.54) is 6.07 Å². The van der Waals surface area contributed by atoms with Gasteiger partial charge in [0.15, 0.2) is 11.5 Å². The number of fused-ring (bicyclic) bond motifs is 1. The normalized spacial score (nSPS) is 15.4. The molecule has 1 heterocycles. The molecule has 2 aromatic rings.